The van der Waals surface area contributed by atoms with Gasteiger partial charge in [0.15, 0.2) is 0 Å². The van der Waals surface area contributed by atoms with E-state index in [9.17, 15) is 9.18 Å². The summed E-state index contributed by atoms with van der Waals surface area (Å²) < 4.78 is 13.4. The first-order valence-corrected chi connectivity index (χ1v) is 5.34. The van der Waals surface area contributed by atoms with Gasteiger partial charge in [0.25, 0.3) is 5.91 Å². The van der Waals surface area contributed by atoms with Crippen LogP contribution in [0.5, 0.6) is 0 Å². The van der Waals surface area contributed by atoms with E-state index in [0.717, 1.165) is 0 Å². The molecule has 0 saturated heterocycles. The second-order valence-corrected chi connectivity index (χ2v) is 3.93. The van der Waals surface area contributed by atoms with Crippen molar-refractivity contribution in [2.45, 2.75) is 6.42 Å². The molecule has 16 heavy (non-hydrogen) atoms. The highest BCUT2D eigenvalue weighted by Crippen LogP contribution is 2.16. The normalized spacial score (nSPS) is 10.2. The zero-order chi connectivity index (χ0) is 12.1. The van der Waals surface area contributed by atoms with Crippen molar-refractivity contribution in [1.82, 2.24) is 4.90 Å². The Labute approximate surface area is 99.0 Å². The third-order valence-corrected chi connectivity index (χ3v) is 2.44. The Morgan fingerprint density at radius 3 is 2.88 bits per heavy atom. The minimum Gasteiger partial charge on any atom is -0.342 e. The fraction of sp³-hybridized carbons (Fsp3) is 0.364. The number of amides is 1. The maximum absolute atomic E-state index is 13.4. The van der Waals surface area contributed by atoms with Gasteiger partial charge in [-0.05, 0) is 31.2 Å². The number of hydrogen-bond acceptors (Lipinski definition) is 2. The quantitative estimate of drug-likeness (QED) is 0.879. The smallest absolute Gasteiger partial charge is 0.256 e. The molecule has 0 aliphatic rings. The van der Waals surface area contributed by atoms with Crippen molar-refractivity contribution in [3.8, 4) is 0 Å². The van der Waals surface area contributed by atoms with Crippen LogP contribution < -0.4 is 5.73 Å². The number of carbonyl (C=O) groups excluding carboxylic acids is 1. The molecule has 1 amide bonds. The molecule has 1 aromatic rings. The molecule has 0 aliphatic heterocycles. The molecule has 88 valence electrons. The second kappa shape index (κ2) is 5.82. The van der Waals surface area contributed by atoms with E-state index in [-0.39, 0.29) is 11.5 Å². The number of rotatable bonds is 4. The predicted molar refractivity (Wildman–Crippen MR) is 62.0 cm³/mol. The van der Waals surface area contributed by atoms with E-state index in [1.807, 2.05) is 0 Å². The van der Waals surface area contributed by atoms with E-state index >= 15 is 0 Å². The number of hydrogen-bond donors (Lipinski definition) is 1. The minimum atomic E-state index is -0.561. The van der Waals surface area contributed by atoms with Crippen molar-refractivity contribution in [2.24, 2.45) is 5.73 Å². The molecule has 0 unspecified atom stereocenters. The highest BCUT2D eigenvalue weighted by Gasteiger charge is 2.15. The largest absolute Gasteiger partial charge is 0.342 e. The van der Waals surface area contributed by atoms with Crippen LogP contribution in [0.3, 0.4) is 0 Å². The van der Waals surface area contributed by atoms with Gasteiger partial charge in [-0.2, -0.15) is 0 Å². The molecule has 0 bridgehead atoms. The monoisotopic (exact) mass is 244 g/mol. The van der Waals surface area contributed by atoms with Gasteiger partial charge in [-0.3, -0.25) is 4.79 Å². The third kappa shape index (κ3) is 3.18. The SMILES string of the molecule is CN(CCCN)C(=O)c1cc(Cl)ccc1F. The van der Waals surface area contributed by atoms with Gasteiger partial charge < -0.3 is 10.6 Å². The molecular weight excluding hydrogens is 231 g/mol. The first kappa shape index (κ1) is 12.9. The van der Waals surface area contributed by atoms with E-state index in [4.69, 9.17) is 17.3 Å². The Morgan fingerprint density at radius 2 is 2.25 bits per heavy atom. The van der Waals surface area contributed by atoms with Gasteiger partial charge in [-0.1, -0.05) is 11.6 Å². The summed E-state index contributed by atoms with van der Waals surface area (Å²) in [5, 5.41) is 0.344. The molecular formula is C11H14ClFN2O. The third-order valence-electron chi connectivity index (χ3n) is 2.20. The summed E-state index contributed by atoms with van der Waals surface area (Å²) in [5.41, 5.74) is 5.33. The first-order chi connectivity index (χ1) is 7.56. The van der Waals surface area contributed by atoms with Crippen molar-refractivity contribution in [3.05, 3.63) is 34.6 Å². The lowest BCUT2D eigenvalue weighted by atomic mass is 10.2. The van der Waals surface area contributed by atoms with E-state index in [1.54, 1.807) is 7.05 Å². The molecule has 0 saturated carbocycles. The van der Waals surface area contributed by atoms with E-state index < -0.39 is 5.82 Å². The van der Waals surface area contributed by atoms with Crippen LogP contribution in [0.1, 0.15) is 16.8 Å². The zero-order valence-electron chi connectivity index (χ0n) is 9.04. The average molecular weight is 245 g/mol. The highest BCUT2D eigenvalue weighted by atomic mass is 35.5. The zero-order valence-corrected chi connectivity index (χ0v) is 9.80. The lowest BCUT2D eigenvalue weighted by molar-refractivity contribution is 0.0790. The van der Waals surface area contributed by atoms with Gasteiger partial charge in [0, 0.05) is 18.6 Å². The van der Waals surface area contributed by atoms with Crippen molar-refractivity contribution in [3.63, 3.8) is 0 Å². The fourth-order valence-corrected chi connectivity index (χ4v) is 1.47. The van der Waals surface area contributed by atoms with Crippen molar-refractivity contribution in [1.29, 1.82) is 0 Å². The van der Waals surface area contributed by atoms with Crippen LogP contribution in [0.15, 0.2) is 18.2 Å². The van der Waals surface area contributed by atoms with Crippen LogP contribution in [0.4, 0.5) is 4.39 Å². The number of nitrogens with zero attached hydrogens (tertiary/aromatic N) is 1. The second-order valence-electron chi connectivity index (χ2n) is 3.49. The van der Waals surface area contributed by atoms with Crippen LogP contribution in [-0.4, -0.2) is 30.9 Å². The fourth-order valence-electron chi connectivity index (χ4n) is 1.30. The summed E-state index contributed by atoms with van der Waals surface area (Å²) in [6.45, 7) is 0.997. The molecule has 3 nitrogen and oxygen atoms in total. The molecule has 0 fully saturated rings. The maximum Gasteiger partial charge on any atom is 0.256 e. The standard InChI is InChI=1S/C11H14ClFN2O/c1-15(6-2-5-14)11(16)9-7-8(12)3-4-10(9)13/h3-4,7H,2,5-6,14H2,1H3. The van der Waals surface area contributed by atoms with Crippen LogP contribution in [-0.2, 0) is 0 Å². The van der Waals surface area contributed by atoms with Gasteiger partial charge in [0.05, 0.1) is 5.56 Å². The van der Waals surface area contributed by atoms with Crippen LogP contribution >= 0.6 is 11.6 Å². The summed E-state index contributed by atoms with van der Waals surface area (Å²) in [6.07, 6.45) is 0.685. The Bertz CT molecular complexity index is 384. The number of halogens is 2. The molecule has 1 aromatic carbocycles. The van der Waals surface area contributed by atoms with Crippen molar-refractivity contribution >= 4 is 17.5 Å². The lowest BCUT2D eigenvalue weighted by Gasteiger charge is -2.17. The van der Waals surface area contributed by atoms with Gasteiger partial charge in [-0.25, -0.2) is 4.39 Å². The van der Waals surface area contributed by atoms with Gasteiger partial charge >= 0.3 is 0 Å². The lowest BCUT2D eigenvalue weighted by Crippen LogP contribution is -2.29. The molecule has 0 aromatic heterocycles. The molecule has 0 atom stereocenters. The Balaban J connectivity index is 2.83. The molecule has 0 aliphatic carbocycles. The Hall–Kier alpha value is -1.13. The molecule has 0 heterocycles. The predicted octanol–water partition coefficient (Wildman–Crippen LogP) is 1.90. The molecule has 0 radical (unpaired) electrons. The van der Waals surface area contributed by atoms with Gasteiger partial charge in [0.1, 0.15) is 5.82 Å². The van der Waals surface area contributed by atoms with Crippen LogP contribution in [0.2, 0.25) is 5.02 Å². The van der Waals surface area contributed by atoms with Crippen LogP contribution in [0, 0.1) is 5.82 Å². The van der Waals surface area contributed by atoms with Crippen LogP contribution in [0.25, 0.3) is 0 Å². The van der Waals surface area contributed by atoms with Gasteiger partial charge in [0.2, 0.25) is 0 Å². The number of carbonyl (C=O) groups is 1. The summed E-state index contributed by atoms with van der Waals surface area (Å²) in [5.74, 6) is -0.942. The summed E-state index contributed by atoms with van der Waals surface area (Å²) in [4.78, 5) is 13.2. The molecule has 0 spiro atoms. The molecule has 1 rings (SSSR count). The Kier molecular flexibility index (Phi) is 4.71. The number of benzene rings is 1. The minimum absolute atomic E-state index is 0.00739. The average Bonchev–Trinajstić information content (AvgIpc) is 2.28. The summed E-state index contributed by atoms with van der Waals surface area (Å²) in [7, 11) is 1.61. The first-order valence-electron chi connectivity index (χ1n) is 4.97. The van der Waals surface area contributed by atoms with Crippen molar-refractivity contribution in [2.75, 3.05) is 20.1 Å². The summed E-state index contributed by atoms with van der Waals surface area (Å²) in [6, 6.07) is 3.93. The van der Waals surface area contributed by atoms with Crippen molar-refractivity contribution < 1.29 is 9.18 Å². The molecule has 5 heteroatoms. The topological polar surface area (TPSA) is 46.3 Å². The number of nitrogens with two attached hydrogens (primary N) is 1. The maximum atomic E-state index is 13.4. The molecule has 2 N–H and O–H groups in total. The van der Waals surface area contributed by atoms with E-state index in [2.05, 4.69) is 0 Å². The van der Waals surface area contributed by atoms with Gasteiger partial charge in [-0.15, -0.1) is 0 Å². The summed E-state index contributed by atoms with van der Waals surface area (Å²) >= 11 is 5.71. The Morgan fingerprint density at radius 1 is 1.56 bits per heavy atom. The van der Waals surface area contributed by atoms with E-state index in [1.165, 1.54) is 23.1 Å². The van der Waals surface area contributed by atoms with E-state index in [0.29, 0.717) is 24.5 Å². The highest BCUT2D eigenvalue weighted by molar-refractivity contribution is 6.30.